The average molecular weight is 514 g/mol. The van der Waals surface area contributed by atoms with Crippen molar-refractivity contribution in [3.63, 3.8) is 0 Å². The highest BCUT2D eigenvalue weighted by molar-refractivity contribution is 7.80. The fraction of sp³-hybridized carbons (Fsp3) is 0.500. The van der Waals surface area contributed by atoms with E-state index in [0.29, 0.717) is 11.5 Å². The van der Waals surface area contributed by atoms with Gasteiger partial charge < -0.3 is 38.5 Å². The van der Waals surface area contributed by atoms with Crippen molar-refractivity contribution in [1.82, 2.24) is 5.32 Å². The zero-order valence-electron chi connectivity index (χ0n) is 19.8. The van der Waals surface area contributed by atoms with E-state index in [-0.39, 0.29) is 11.8 Å². The maximum Gasteiger partial charge on any atom is 0.303 e. The second-order valence-electron chi connectivity index (χ2n) is 7.33. The number of thiocarbonyl (C=S) groups is 1. The van der Waals surface area contributed by atoms with Gasteiger partial charge in [0, 0.05) is 27.7 Å². The van der Waals surface area contributed by atoms with Crippen molar-refractivity contribution in [3.05, 3.63) is 24.3 Å². The van der Waals surface area contributed by atoms with Gasteiger partial charge in [-0.1, -0.05) is 0 Å². The molecule has 5 unspecified atom stereocenters. The Labute approximate surface area is 207 Å². The molecular formula is C22H27NO11S. The average Bonchev–Trinajstić information content (AvgIpc) is 2.76. The van der Waals surface area contributed by atoms with Crippen LogP contribution in [0.4, 0.5) is 0 Å². The number of esters is 4. The highest BCUT2D eigenvalue weighted by Crippen LogP contribution is 2.28. The molecule has 2 rings (SSSR count). The van der Waals surface area contributed by atoms with Crippen molar-refractivity contribution in [1.29, 1.82) is 0 Å². The summed E-state index contributed by atoms with van der Waals surface area (Å²) in [6, 6.07) is 6.54. The molecule has 1 aliphatic heterocycles. The number of nitrogens with one attached hydrogen (secondary N) is 1. The largest absolute Gasteiger partial charge is 0.497 e. The number of hydrogen-bond acceptors (Lipinski definition) is 12. The second kappa shape index (κ2) is 12.9. The maximum atomic E-state index is 11.9. The Kier molecular flexibility index (Phi) is 10.2. The van der Waals surface area contributed by atoms with Gasteiger partial charge in [-0.15, -0.1) is 0 Å². The van der Waals surface area contributed by atoms with E-state index in [0.717, 1.165) is 20.8 Å². The van der Waals surface area contributed by atoms with Crippen LogP contribution in [0.2, 0.25) is 0 Å². The van der Waals surface area contributed by atoms with Crippen LogP contribution in [-0.2, 0) is 42.9 Å². The molecule has 13 heteroatoms. The molecule has 0 amide bonds. The monoisotopic (exact) mass is 513 g/mol. The zero-order chi connectivity index (χ0) is 26.1. The molecule has 0 aromatic heterocycles. The summed E-state index contributed by atoms with van der Waals surface area (Å²) in [5, 5.41) is 2.58. The van der Waals surface area contributed by atoms with Crippen molar-refractivity contribution >= 4 is 41.3 Å². The number of ether oxygens (including phenoxy) is 7. The summed E-state index contributed by atoms with van der Waals surface area (Å²) in [5.74, 6) is -1.85. The highest BCUT2D eigenvalue weighted by atomic mass is 32.1. The van der Waals surface area contributed by atoms with Gasteiger partial charge in [0.05, 0.1) is 7.11 Å². The Balaban J connectivity index is 2.33. The molecule has 1 fully saturated rings. The predicted molar refractivity (Wildman–Crippen MR) is 121 cm³/mol. The number of carbonyl (C=O) groups is 4. The molecule has 0 bridgehead atoms. The fourth-order valence-electron chi connectivity index (χ4n) is 3.24. The third kappa shape index (κ3) is 8.68. The molecule has 1 aliphatic rings. The lowest BCUT2D eigenvalue weighted by Gasteiger charge is -2.44. The molecule has 1 aromatic rings. The summed E-state index contributed by atoms with van der Waals surface area (Å²) in [4.78, 5) is 46.9. The van der Waals surface area contributed by atoms with E-state index in [9.17, 15) is 19.2 Å². The third-order valence-electron chi connectivity index (χ3n) is 4.52. The lowest BCUT2D eigenvalue weighted by atomic mass is 9.97. The van der Waals surface area contributed by atoms with Gasteiger partial charge >= 0.3 is 23.9 Å². The SMILES string of the molecule is COc1ccc(OC(=S)NC2OC(COC(C)=O)C(OC(C)=O)C(OC(C)=O)C2OC(C)=O)cc1. The van der Waals surface area contributed by atoms with Crippen LogP contribution in [0, 0.1) is 0 Å². The Morgan fingerprint density at radius 2 is 1.34 bits per heavy atom. The molecule has 0 aliphatic carbocycles. The summed E-state index contributed by atoms with van der Waals surface area (Å²) in [7, 11) is 1.52. The van der Waals surface area contributed by atoms with E-state index in [4.69, 9.17) is 45.4 Å². The number of carbonyl (C=O) groups excluding carboxylic acids is 4. The van der Waals surface area contributed by atoms with Crippen molar-refractivity contribution in [2.24, 2.45) is 0 Å². The van der Waals surface area contributed by atoms with E-state index in [1.54, 1.807) is 24.3 Å². The number of benzene rings is 1. The summed E-state index contributed by atoms with van der Waals surface area (Å²) in [6.45, 7) is 4.23. The fourth-order valence-corrected chi connectivity index (χ4v) is 3.45. The molecule has 1 N–H and O–H groups in total. The maximum absolute atomic E-state index is 11.9. The molecule has 5 atom stereocenters. The van der Waals surface area contributed by atoms with Gasteiger partial charge in [0.15, 0.2) is 24.5 Å². The first-order valence-corrected chi connectivity index (χ1v) is 10.8. The van der Waals surface area contributed by atoms with E-state index >= 15 is 0 Å². The minimum atomic E-state index is -1.32. The van der Waals surface area contributed by atoms with Crippen LogP contribution in [0.1, 0.15) is 27.7 Å². The molecule has 1 saturated heterocycles. The lowest BCUT2D eigenvalue weighted by molar-refractivity contribution is -0.255. The van der Waals surface area contributed by atoms with Gasteiger partial charge in [0.25, 0.3) is 5.17 Å². The minimum Gasteiger partial charge on any atom is -0.497 e. The molecule has 1 aromatic carbocycles. The van der Waals surface area contributed by atoms with Gasteiger partial charge in [-0.2, -0.15) is 0 Å². The van der Waals surface area contributed by atoms with Crippen LogP contribution in [0.25, 0.3) is 0 Å². The standard InChI is InChI=1S/C22H27NO11S/c1-11(24)29-10-17-18(30-12(2)25)19(31-13(3)26)20(32-14(4)27)21(34-17)23-22(35)33-16-8-6-15(28-5)7-9-16/h6-9,17-21H,10H2,1-5H3,(H,23,35). The minimum absolute atomic E-state index is 0.170. The first kappa shape index (κ1) is 27.8. The molecule has 192 valence electrons. The Hall–Kier alpha value is -3.45. The molecule has 0 spiro atoms. The van der Waals surface area contributed by atoms with Gasteiger partial charge in [-0.3, -0.25) is 19.2 Å². The molecular weight excluding hydrogens is 486 g/mol. The van der Waals surface area contributed by atoms with Crippen molar-refractivity contribution < 1.29 is 52.3 Å². The Bertz CT molecular complexity index is 936. The molecule has 0 radical (unpaired) electrons. The van der Waals surface area contributed by atoms with E-state index in [1.165, 1.54) is 14.0 Å². The molecule has 35 heavy (non-hydrogen) atoms. The summed E-state index contributed by atoms with van der Waals surface area (Å²) >= 11 is 5.25. The van der Waals surface area contributed by atoms with Crippen LogP contribution in [0.3, 0.4) is 0 Å². The lowest BCUT2D eigenvalue weighted by Crippen LogP contribution is -2.66. The molecule has 12 nitrogen and oxygen atoms in total. The van der Waals surface area contributed by atoms with Crippen LogP contribution in [0.5, 0.6) is 11.5 Å². The van der Waals surface area contributed by atoms with Crippen LogP contribution in [-0.4, -0.2) is 73.4 Å². The quantitative estimate of drug-likeness (QED) is 0.300. The van der Waals surface area contributed by atoms with Crippen LogP contribution in [0.15, 0.2) is 24.3 Å². The second-order valence-corrected chi connectivity index (χ2v) is 7.70. The Morgan fingerprint density at radius 3 is 1.86 bits per heavy atom. The van der Waals surface area contributed by atoms with Crippen LogP contribution < -0.4 is 14.8 Å². The highest BCUT2D eigenvalue weighted by Gasteiger charge is 2.52. The number of methoxy groups -OCH3 is 1. The van der Waals surface area contributed by atoms with Crippen molar-refractivity contribution in [2.75, 3.05) is 13.7 Å². The van der Waals surface area contributed by atoms with E-state index in [1.807, 2.05) is 0 Å². The normalized spacial score (nSPS) is 23.3. The summed E-state index contributed by atoms with van der Waals surface area (Å²) < 4.78 is 37.6. The summed E-state index contributed by atoms with van der Waals surface area (Å²) in [5.41, 5.74) is 0. The summed E-state index contributed by atoms with van der Waals surface area (Å²) in [6.07, 6.45) is -6.25. The topological polar surface area (TPSA) is 145 Å². The van der Waals surface area contributed by atoms with Gasteiger partial charge in [0.2, 0.25) is 0 Å². The predicted octanol–water partition coefficient (Wildman–Crippen LogP) is 1.03. The van der Waals surface area contributed by atoms with E-state index < -0.39 is 54.5 Å². The zero-order valence-corrected chi connectivity index (χ0v) is 20.6. The smallest absolute Gasteiger partial charge is 0.303 e. The van der Waals surface area contributed by atoms with Gasteiger partial charge in [-0.05, 0) is 36.5 Å². The van der Waals surface area contributed by atoms with Crippen molar-refractivity contribution in [3.8, 4) is 11.5 Å². The molecule has 1 heterocycles. The van der Waals surface area contributed by atoms with Gasteiger partial charge in [0.1, 0.15) is 24.2 Å². The van der Waals surface area contributed by atoms with Crippen LogP contribution >= 0.6 is 12.2 Å². The first-order valence-electron chi connectivity index (χ1n) is 10.4. The number of hydrogen-bond donors (Lipinski definition) is 1. The van der Waals surface area contributed by atoms with Gasteiger partial charge in [-0.25, -0.2) is 0 Å². The molecule has 0 saturated carbocycles. The first-order chi connectivity index (χ1) is 16.5. The Morgan fingerprint density at radius 1 is 0.829 bits per heavy atom. The third-order valence-corrected chi connectivity index (χ3v) is 4.72. The number of rotatable bonds is 8. The van der Waals surface area contributed by atoms with Crippen molar-refractivity contribution in [2.45, 2.75) is 58.3 Å². The van der Waals surface area contributed by atoms with E-state index in [2.05, 4.69) is 5.32 Å².